The predicted molar refractivity (Wildman–Crippen MR) is 50.8 cm³/mol. The van der Waals surface area contributed by atoms with Crippen molar-refractivity contribution >= 4 is 11.9 Å². The summed E-state index contributed by atoms with van der Waals surface area (Å²) in [5.41, 5.74) is 0. The standard InChI is InChI=1S/C9H17NO4/c1-3-5-8(12)10(4-2)7(6-11)9(13)14/h7,11H,3-6H2,1-2H3,(H,13,14)/t7-/m0/s1. The monoisotopic (exact) mass is 203 g/mol. The summed E-state index contributed by atoms with van der Waals surface area (Å²) >= 11 is 0. The molecule has 0 heterocycles. The van der Waals surface area contributed by atoms with Crippen molar-refractivity contribution in [3.05, 3.63) is 0 Å². The van der Waals surface area contributed by atoms with E-state index in [0.717, 1.165) is 0 Å². The quantitative estimate of drug-likeness (QED) is 0.641. The summed E-state index contributed by atoms with van der Waals surface area (Å²) in [5.74, 6) is -1.39. The first kappa shape index (κ1) is 12.9. The summed E-state index contributed by atoms with van der Waals surface area (Å²) in [4.78, 5) is 23.3. The molecule has 0 saturated heterocycles. The molecule has 14 heavy (non-hydrogen) atoms. The van der Waals surface area contributed by atoms with Crippen molar-refractivity contribution in [3.8, 4) is 0 Å². The van der Waals surface area contributed by atoms with Crippen LogP contribution in [0.15, 0.2) is 0 Å². The SMILES string of the molecule is CCCC(=O)N(CC)[C@@H](CO)C(=O)O. The molecule has 2 N–H and O–H groups in total. The number of likely N-dealkylation sites (N-methyl/N-ethyl adjacent to an activating group) is 1. The summed E-state index contributed by atoms with van der Waals surface area (Å²) in [6.07, 6.45) is 0.991. The maximum atomic E-state index is 11.4. The second-order valence-electron chi connectivity index (χ2n) is 2.97. The van der Waals surface area contributed by atoms with Crippen LogP contribution in [0.1, 0.15) is 26.7 Å². The van der Waals surface area contributed by atoms with Crippen molar-refractivity contribution in [2.45, 2.75) is 32.7 Å². The second kappa shape index (κ2) is 6.37. The molecular weight excluding hydrogens is 186 g/mol. The van der Waals surface area contributed by atoms with Crippen LogP contribution in [-0.2, 0) is 9.59 Å². The molecule has 0 aliphatic heterocycles. The van der Waals surface area contributed by atoms with Crippen molar-refractivity contribution in [1.29, 1.82) is 0 Å². The molecule has 0 radical (unpaired) electrons. The van der Waals surface area contributed by atoms with Gasteiger partial charge >= 0.3 is 5.97 Å². The molecule has 1 amide bonds. The number of aliphatic hydroxyl groups excluding tert-OH is 1. The molecule has 0 aromatic rings. The minimum absolute atomic E-state index is 0.226. The molecule has 0 aromatic carbocycles. The molecule has 0 saturated carbocycles. The van der Waals surface area contributed by atoms with Gasteiger partial charge < -0.3 is 15.1 Å². The van der Waals surface area contributed by atoms with Crippen LogP contribution in [0.2, 0.25) is 0 Å². The van der Waals surface area contributed by atoms with Crippen LogP contribution in [0.4, 0.5) is 0 Å². The van der Waals surface area contributed by atoms with Crippen LogP contribution in [0.25, 0.3) is 0 Å². The van der Waals surface area contributed by atoms with Crippen LogP contribution in [0, 0.1) is 0 Å². The molecule has 5 nitrogen and oxygen atoms in total. The highest BCUT2D eigenvalue weighted by Gasteiger charge is 2.26. The molecule has 0 rings (SSSR count). The Morgan fingerprint density at radius 2 is 1.93 bits per heavy atom. The van der Waals surface area contributed by atoms with Crippen LogP contribution in [0.5, 0.6) is 0 Å². The number of carbonyl (C=O) groups is 2. The van der Waals surface area contributed by atoms with E-state index in [0.29, 0.717) is 19.4 Å². The van der Waals surface area contributed by atoms with Gasteiger partial charge in [-0.1, -0.05) is 6.92 Å². The van der Waals surface area contributed by atoms with Crippen molar-refractivity contribution < 1.29 is 19.8 Å². The molecule has 0 fully saturated rings. The number of aliphatic carboxylic acids is 1. The van der Waals surface area contributed by atoms with E-state index in [9.17, 15) is 9.59 Å². The Hall–Kier alpha value is -1.10. The maximum Gasteiger partial charge on any atom is 0.328 e. The summed E-state index contributed by atoms with van der Waals surface area (Å²) < 4.78 is 0. The number of rotatable bonds is 6. The van der Waals surface area contributed by atoms with Gasteiger partial charge in [-0.2, -0.15) is 0 Å². The number of amides is 1. The number of aliphatic hydroxyl groups is 1. The van der Waals surface area contributed by atoms with Crippen LogP contribution >= 0.6 is 0 Å². The zero-order valence-electron chi connectivity index (χ0n) is 8.56. The third-order valence-corrected chi connectivity index (χ3v) is 1.96. The topological polar surface area (TPSA) is 77.8 Å². The Morgan fingerprint density at radius 1 is 1.36 bits per heavy atom. The first-order chi connectivity index (χ1) is 6.58. The Kier molecular flexibility index (Phi) is 5.87. The van der Waals surface area contributed by atoms with Gasteiger partial charge in [0.2, 0.25) is 5.91 Å². The van der Waals surface area contributed by atoms with E-state index < -0.39 is 18.6 Å². The lowest BCUT2D eigenvalue weighted by Gasteiger charge is -2.26. The van der Waals surface area contributed by atoms with Gasteiger partial charge in [0.1, 0.15) is 0 Å². The van der Waals surface area contributed by atoms with Crippen LogP contribution in [-0.4, -0.2) is 46.2 Å². The molecule has 0 aromatic heterocycles. The zero-order chi connectivity index (χ0) is 11.1. The Morgan fingerprint density at radius 3 is 2.21 bits per heavy atom. The highest BCUT2D eigenvalue weighted by atomic mass is 16.4. The lowest BCUT2D eigenvalue weighted by atomic mass is 10.2. The summed E-state index contributed by atoms with van der Waals surface area (Å²) in [7, 11) is 0. The van der Waals surface area contributed by atoms with Gasteiger partial charge in [-0.15, -0.1) is 0 Å². The number of nitrogens with zero attached hydrogens (tertiary/aromatic N) is 1. The average Bonchev–Trinajstić information content (AvgIpc) is 2.13. The van der Waals surface area contributed by atoms with E-state index in [1.54, 1.807) is 6.92 Å². The highest BCUT2D eigenvalue weighted by molar-refractivity contribution is 5.83. The zero-order valence-corrected chi connectivity index (χ0v) is 8.56. The van der Waals surface area contributed by atoms with Crippen molar-refractivity contribution in [3.63, 3.8) is 0 Å². The van der Waals surface area contributed by atoms with Crippen molar-refractivity contribution in [2.24, 2.45) is 0 Å². The molecule has 0 spiro atoms. The fourth-order valence-electron chi connectivity index (χ4n) is 1.24. The molecular formula is C9H17NO4. The second-order valence-corrected chi connectivity index (χ2v) is 2.97. The van der Waals surface area contributed by atoms with Gasteiger partial charge in [-0.3, -0.25) is 4.79 Å². The van der Waals surface area contributed by atoms with Gasteiger partial charge in [0.05, 0.1) is 6.61 Å². The molecule has 82 valence electrons. The number of hydrogen-bond acceptors (Lipinski definition) is 3. The third-order valence-electron chi connectivity index (χ3n) is 1.96. The Balaban J connectivity index is 4.50. The molecule has 1 atom stereocenters. The largest absolute Gasteiger partial charge is 0.480 e. The molecule has 0 unspecified atom stereocenters. The van der Waals surface area contributed by atoms with E-state index in [1.165, 1.54) is 4.90 Å². The predicted octanol–water partition coefficient (Wildman–Crippen LogP) is 0.0805. The Labute approximate surface area is 83.3 Å². The van der Waals surface area contributed by atoms with E-state index in [2.05, 4.69) is 0 Å². The lowest BCUT2D eigenvalue weighted by Crippen LogP contribution is -2.47. The van der Waals surface area contributed by atoms with E-state index >= 15 is 0 Å². The van der Waals surface area contributed by atoms with Gasteiger partial charge in [0, 0.05) is 13.0 Å². The van der Waals surface area contributed by atoms with Crippen LogP contribution in [0.3, 0.4) is 0 Å². The highest BCUT2D eigenvalue weighted by Crippen LogP contribution is 2.04. The van der Waals surface area contributed by atoms with E-state index in [1.807, 2.05) is 6.92 Å². The molecule has 5 heteroatoms. The van der Waals surface area contributed by atoms with Crippen LogP contribution < -0.4 is 0 Å². The summed E-state index contributed by atoms with van der Waals surface area (Å²) in [5, 5.41) is 17.6. The number of hydrogen-bond donors (Lipinski definition) is 2. The molecule has 0 bridgehead atoms. The van der Waals surface area contributed by atoms with E-state index in [4.69, 9.17) is 10.2 Å². The smallest absolute Gasteiger partial charge is 0.328 e. The van der Waals surface area contributed by atoms with E-state index in [-0.39, 0.29) is 5.91 Å². The normalized spacial score (nSPS) is 12.2. The number of carbonyl (C=O) groups excluding carboxylic acids is 1. The number of carboxylic acid groups (broad SMARTS) is 1. The van der Waals surface area contributed by atoms with Gasteiger partial charge in [-0.05, 0) is 13.3 Å². The average molecular weight is 203 g/mol. The Bertz CT molecular complexity index is 205. The van der Waals surface area contributed by atoms with Crippen molar-refractivity contribution in [1.82, 2.24) is 4.90 Å². The first-order valence-corrected chi connectivity index (χ1v) is 4.71. The third kappa shape index (κ3) is 3.33. The first-order valence-electron chi connectivity index (χ1n) is 4.71. The summed E-state index contributed by atoms with van der Waals surface area (Å²) in [6.45, 7) is 3.30. The fraction of sp³-hybridized carbons (Fsp3) is 0.778. The maximum absolute atomic E-state index is 11.4. The van der Waals surface area contributed by atoms with Gasteiger partial charge in [0.25, 0.3) is 0 Å². The van der Waals surface area contributed by atoms with Gasteiger partial charge in [-0.25, -0.2) is 4.79 Å². The fourth-order valence-corrected chi connectivity index (χ4v) is 1.24. The van der Waals surface area contributed by atoms with Gasteiger partial charge in [0.15, 0.2) is 6.04 Å². The molecule has 0 aliphatic rings. The summed E-state index contributed by atoms with van der Waals surface area (Å²) in [6, 6.07) is -1.11. The minimum atomic E-state index is -1.17. The lowest BCUT2D eigenvalue weighted by molar-refractivity contribution is -0.151. The number of carboxylic acids is 1. The minimum Gasteiger partial charge on any atom is -0.480 e. The molecule has 0 aliphatic carbocycles. The van der Waals surface area contributed by atoms with Crippen molar-refractivity contribution in [2.75, 3.05) is 13.2 Å².